The molecule has 1 heterocycles. The first-order valence-corrected chi connectivity index (χ1v) is 8.02. The Morgan fingerprint density at radius 1 is 1.10 bits per heavy atom. The Balaban J connectivity index is 1.48. The van der Waals surface area contributed by atoms with Crippen LogP contribution in [0.5, 0.6) is 0 Å². The van der Waals surface area contributed by atoms with Gasteiger partial charge < -0.3 is 9.73 Å². The van der Waals surface area contributed by atoms with Gasteiger partial charge in [0.05, 0.1) is 6.26 Å². The van der Waals surface area contributed by atoms with Crippen molar-refractivity contribution in [3.63, 3.8) is 0 Å². The lowest BCUT2D eigenvalue weighted by Gasteiger charge is -2.27. The Labute approximate surface area is 121 Å². The summed E-state index contributed by atoms with van der Waals surface area (Å²) in [5, 5.41) is 4.87. The van der Waals surface area contributed by atoms with E-state index in [0.29, 0.717) is 0 Å². The molecular weight excluding hydrogens is 246 g/mol. The molecule has 0 bridgehead atoms. The van der Waals surface area contributed by atoms with Crippen LogP contribution >= 0.6 is 0 Å². The SMILES string of the molecule is CCC1CCC(CNCc2coc3ccccc23)CC1. The summed E-state index contributed by atoms with van der Waals surface area (Å²) >= 11 is 0. The fourth-order valence-corrected chi connectivity index (χ4v) is 3.42. The summed E-state index contributed by atoms with van der Waals surface area (Å²) in [5.74, 6) is 1.86. The molecular formula is C18H25NO. The molecule has 20 heavy (non-hydrogen) atoms. The summed E-state index contributed by atoms with van der Waals surface area (Å²) in [4.78, 5) is 0. The van der Waals surface area contributed by atoms with Crippen molar-refractivity contribution in [1.82, 2.24) is 5.32 Å². The van der Waals surface area contributed by atoms with Crippen molar-refractivity contribution < 1.29 is 4.42 Å². The number of para-hydroxylation sites is 1. The van der Waals surface area contributed by atoms with Crippen LogP contribution in [-0.4, -0.2) is 6.54 Å². The van der Waals surface area contributed by atoms with Crippen molar-refractivity contribution in [3.05, 3.63) is 36.1 Å². The Morgan fingerprint density at radius 2 is 1.85 bits per heavy atom. The first-order valence-electron chi connectivity index (χ1n) is 8.02. The van der Waals surface area contributed by atoms with Crippen molar-refractivity contribution in [2.45, 2.75) is 45.6 Å². The molecule has 0 saturated heterocycles. The number of benzene rings is 1. The van der Waals surface area contributed by atoms with Gasteiger partial charge in [0.25, 0.3) is 0 Å². The lowest BCUT2D eigenvalue weighted by molar-refractivity contribution is 0.262. The fourth-order valence-electron chi connectivity index (χ4n) is 3.42. The van der Waals surface area contributed by atoms with Gasteiger partial charge in [-0.3, -0.25) is 0 Å². The van der Waals surface area contributed by atoms with Crippen LogP contribution in [-0.2, 0) is 6.54 Å². The maximum absolute atomic E-state index is 5.58. The minimum absolute atomic E-state index is 0.871. The van der Waals surface area contributed by atoms with Gasteiger partial charge in [0.2, 0.25) is 0 Å². The van der Waals surface area contributed by atoms with Crippen molar-refractivity contribution in [2.24, 2.45) is 11.8 Å². The molecule has 0 aliphatic heterocycles. The Bertz CT molecular complexity index is 537. The maximum Gasteiger partial charge on any atom is 0.134 e. The molecule has 108 valence electrons. The molecule has 2 heteroatoms. The predicted octanol–water partition coefficient (Wildman–Crippen LogP) is 4.74. The maximum atomic E-state index is 5.58. The smallest absolute Gasteiger partial charge is 0.134 e. The van der Waals surface area contributed by atoms with Crippen LogP contribution in [0.15, 0.2) is 34.9 Å². The van der Waals surface area contributed by atoms with Crippen LogP contribution in [0.2, 0.25) is 0 Å². The van der Waals surface area contributed by atoms with Crippen molar-refractivity contribution >= 4 is 11.0 Å². The molecule has 1 saturated carbocycles. The van der Waals surface area contributed by atoms with Gasteiger partial charge in [0.1, 0.15) is 5.58 Å². The highest BCUT2D eigenvalue weighted by Crippen LogP contribution is 2.30. The van der Waals surface area contributed by atoms with Crippen LogP contribution in [0.3, 0.4) is 0 Å². The van der Waals surface area contributed by atoms with Gasteiger partial charge in [0.15, 0.2) is 0 Å². The van der Waals surface area contributed by atoms with Crippen LogP contribution in [0.25, 0.3) is 11.0 Å². The quantitative estimate of drug-likeness (QED) is 0.849. The molecule has 2 aromatic rings. The average molecular weight is 271 g/mol. The molecule has 2 nitrogen and oxygen atoms in total. The Morgan fingerprint density at radius 3 is 2.65 bits per heavy atom. The van der Waals surface area contributed by atoms with E-state index < -0.39 is 0 Å². The van der Waals surface area contributed by atoms with Gasteiger partial charge in [0, 0.05) is 17.5 Å². The van der Waals surface area contributed by atoms with E-state index in [1.807, 2.05) is 18.4 Å². The normalized spacial score (nSPS) is 23.2. The second-order valence-electron chi connectivity index (χ2n) is 6.18. The van der Waals surface area contributed by atoms with E-state index in [9.17, 15) is 0 Å². The predicted molar refractivity (Wildman–Crippen MR) is 83.7 cm³/mol. The zero-order valence-corrected chi connectivity index (χ0v) is 12.4. The van der Waals surface area contributed by atoms with E-state index in [2.05, 4.69) is 24.4 Å². The number of hydrogen-bond acceptors (Lipinski definition) is 2. The number of rotatable bonds is 5. The van der Waals surface area contributed by atoms with Crippen molar-refractivity contribution in [2.75, 3.05) is 6.54 Å². The van der Waals surface area contributed by atoms with Crippen molar-refractivity contribution in [3.8, 4) is 0 Å². The summed E-state index contributed by atoms with van der Waals surface area (Å²) < 4.78 is 5.58. The summed E-state index contributed by atoms with van der Waals surface area (Å²) in [6, 6.07) is 8.27. The third-order valence-corrected chi connectivity index (χ3v) is 4.85. The van der Waals surface area contributed by atoms with E-state index in [4.69, 9.17) is 4.42 Å². The van der Waals surface area contributed by atoms with E-state index in [0.717, 1.165) is 30.5 Å². The molecule has 0 radical (unpaired) electrons. The van der Waals surface area contributed by atoms with E-state index in [-0.39, 0.29) is 0 Å². The monoisotopic (exact) mass is 271 g/mol. The third-order valence-electron chi connectivity index (χ3n) is 4.85. The summed E-state index contributed by atoms with van der Waals surface area (Å²) in [6.45, 7) is 4.40. The van der Waals surface area contributed by atoms with Crippen LogP contribution < -0.4 is 5.32 Å². The zero-order chi connectivity index (χ0) is 13.8. The van der Waals surface area contributed by atoms with Crippen LogP contribution in [0.4, 0.5) is 0 Å². The number of fused-ring (bicyclic) bond motifs is 1. The number of nitrogens with one attached hydrogen (secondary N) is 1. The van der Waals surface area contributed by atoms with Gasteiger partial charge in [-0.1, -0.05) is 44.4 Å². The molecule has 0 spiro atoms. The van der Waals surface area contributed by atoms with Gasteiger partial charge >= 0.3 is 0 Å². The Kier molecular flexibility index (Phi) is 4.41. The molecule has 1 aliphatic rings. The number of furan rings is 1. The first-order chi connectivity index (χ1) is 9.86. The fraction of sp³-hybridized carbons (Fsp3) is 0.556. The second kappa shape index (κ2) is 6.45. The minimum atomic E-state index is 0.871. The molecule has 1 aromatic heterocycles. The average Bonchev–Trinajstić information content (AvgIpc) is 2.92. The van der Waals surface area contributed by atoms with Crippen LogP contribution in [0, 0.1) is 11.8 Å². The molecule has 0 atom stereocenters. The summed E-state index contributed by atoms with van der Waals surface area (Å²) in [7, 11) is 0. The third kappa shape index (κ3) is 3.06. The van der Waals surface area contributed by atoms with Crippen molar-refractivity contribution in [1.29, 1.82) is 0 Å². The summed E-state index contributed by atoms with van der Waals surface area (Å²) in [5.41, 5.74) is 2.27. The molecule has 1 fully saturated rings. The summed E-state index contributed by atoms with van der Waals surface area (Å²) in [6.07, 6.45) is 8.91. The zero-order valence-electron chi connectivity index (χ0n) is 12.4. The van der Waals surface area contributed by atoms with Crippen LogP contribution in [0.1, 0.15) is 44.6 Å². The first kappa shape index (κ1) is 13.7. The molecule has 0 unspecified atom stereocenters. The minimum Gasteiger partial charge on any atom is -0.464 e. The highest BCUT2D eigenvalue weighted by Gasteiger charge is 2.19. The molecule has 1 aliphatic carbocycles. The molecule has 0 amide bonds. The number of hydrogen-bond donors (Lipinski definition) is 1. The van der Waals surface area contributed by atoms with E-state index in [1.165, 1.54) is 43.1 Å². The lowest BCUT2D eigenvalue weighted by Crippen LogP contribution is -2.26. The van der Waals surface area contributed by atoms with Gasteiger partial charge in [-0.25, -0.2) is 0 Å². The second-order valence-corrected chi connectivity index (χ2v) is 6.18. The largest absolute Gasteiger partial charge is 0.464 e. The Hall–Kier alpha value is -1.28. The van der Waals surface area contributed by atoms with E-state index >= 15 is 0 Å². The molecule has 1 N–H and O–H groups in total. The highest BCUT2D eigenvalue weighted by atomic mass is 16.3. The van der Waals surface area contributed by atoms with Gasteiger partial charge in [-0.15, -0.1) is 0 Å². The standard InChI is InChI=1S/C18H25NO/c1-2-14-7-9-15(10-8-14)11-19-12-16-13-20-18-6-4-3-5-17(16)18/h3-6,13-15,19H,2,7-12H2,1H3. The molecule has 1 aromatic carbocycles. The highest BCUT2D eigenvalue weighted by molar-refractivity contribution is 5.80. The molecule has 3 rings (SSSR count). The van der Waals surface area contributed by atoms with Gasteiger partial charge in [-0.05, 0) is 37.3 Å². The topological polar surface area (TPSA) is 25.2 Å². The van der Waals surface area contributed by atoms with E-state index in [1.54, 1.807) is 0 Å². The lowest BCUT2D eigenvalue weighted by atomic mass is 9.81. The van der Waals surface area contributed by atoms with Gasteiger partial charge in [-0.2, -0.15) is 0 Å².